The molecule has 3 heteroatoms. The molecule has 1 aliphatic rings. The standard InChI is InChI=1S/C16H22BrNO/c1-11-4-7-13(8-5-11)18(3)16(19)14-10-12(2)6-9-15(14)17/h6,9-11,13H,4-5,7-8H2,1-3H3. The quantitative estimate of drug-likeness (QED) is 0.789. The van der Waals surface area contributed by atoms with Gasteiger partial charge in [0.25, 0.3) is 5.91 Å². The number of hydrogen-bond donors (Lipinski definition) is 0. The fraction of sp³-hybridized carbons (Fsp3) is 0.562. The highest BCUT2D eigenvalue weighted by Gasteiger charge is 2.26. The smallest absolute Gasteiger partial charge is 0.254 e. The zero-order chi connectivity index (χ0) is 14.0. The summed E-state index contributed by atoms with van der Waals surface area (Å²) in [4.78, 5) is 14.5. The minimum Gasteiger partial charge on any atom is -0.339 e. The number of halogens is 1. The van der Waals surface area contributed by atoms with Gasteiger partial charge in [0.15, 0.2) is 0 Å². The van der Waals surface area contributed by atoms with Gasteiger partial charge in [-0.3, -0.25) is 4.79 Å². The molecule has 0 radical (unpaired) electrons. The van der Waals surface area contributed by atoms with Crippen LogP contribution in [0.3, 0.4) is 0 Å². The van der Waals surface area contributed by atoms with E-state index in [1.807, 2.05) is 37.1 Å². The summed E-state index contributed by atoms with van der Waals surface area (Å²) in [6.45, 7) is 4.32. The topological polar surface area (TPSA) is 20.3 Å². The third kappa shape index (κ3) is 3.38. The average molecular weight is 324 g/mol. The van der Waals surface area contributed by atoms with E-state index in [1.165, 1.54) is 12.8 Å². The molecule has 19 heavy (non-hydrogen) atoms. The van der Waals surface area contributed by atoms with E-state index >= 15 is 0 Å². The van der Waals surface area contributed by atoms with Crippen LogP contribution in [0.25, 0.3) is 0 Å². The number of benzene rings is 1. The molecule has 0 heterocycles. The normalized spacial score (nSPS) is 23.2. The summed E-state index contributed by atoms with van der Waals surface area (Å²) in [5.74, 6) is 0.945. The van der Waals surface area contributed by atoms with E-state index in [0.29, 0.717) is 6.04 Å². The van der Waals surface area contributed by atoms with Crippen molar-refractivity contribution in [2.75, 3.05) is 7.05 Å². The molecule has 104 valence electrons. The van der Waals surface area contributed by atoms with Crippen LogP contribution in [0, 0.1) is 12.8 Å². The third-order valence-corrected chi connectivity index (χ3v) is 4.90. The molecule has 1 aromatic carbocycles. The fourth-order valence-electron chi connectivity index (χ4n) is 2.79. The number of nitrogens with zero attached hydrogens (tertiary/aromatic N) is 1. The summed E-state index contributed by atoms with van der Waals surface area (Å²) in [6.07, 6.45) is 4.73. The molecule has 1 fully saturated rings. The summed E-state index contributed by atoms with van der Waals surface area (Å²) in [7, 11) is 1.94. The summed E-state index contributed by atoms with van der Waals surface area (Å²) in [5, 5.41) is 0. The number of amides is 1. The van der Waals surface area contributed by atoms with Crippen LogP contribution in [-0.4, -0.2) is 23.9 Å². The van der Waals surface area contributed by atoms with Crippen molar-refractivity contribution in [1.29, 1.82) is 0 Å². The molecule has 1 amide bonds. The van der Waals surface area contributed by atoms with Crippen LogP contribution in [0.4, 0.5) is 0 Å². The first kappa shape index (κ1) is 14.6. The maximum Gasteiger partial charge on any atom is 0.254 e. The van der Waals surface area contributed by atoms with E-state index in [-0.39, 0.29) is 5.91 Å². The maximum atomic E-state index is 12.6. The van der Waals surface area contributed by atoms with Crippen molar-refractivity contribution in [3.63, 3.8) is 0 Å². The number of rotatable bonds is 2. The minimum absolute atomic E-state index is 0.134. The zero-order valence-electron chi connectivity index (χ0n) is 11.9. The lowest BCUT2D eigenvalue weighted by Crippen LogP contribution is -2.39. The SMILES string of the molecule is Cc1ccc(Br)c(C(=O)N(C)C2CCC(C)CC2)c1. The Kier molecular flexibility index (Phi) is 4.67. The second-order valence-corrected chi connectivity index (χ2v) is 6.67. The van der Waals surface area contributed by atoms with E-state index in [1.54, 1.807) is 0 Å². The van der Waals surface area contributed by atoms with Gasteiger partial charge in [0.1, 0.15) is 0 Å². The van der Waals surface area contributed by atoms with Crippen LogP contribution < -0.4 is 0 Å². The van der Waals surface area contributed by atoms with Crippen molar-refractivity contribution in [2.45, 2.75) is 45.6 Å². The second-order valence-electron chi connectivity index (χ2n) is 5.81. The van der Waals surface area contributed by atoms with Crippen LogP contribution in [0.2, 0.25) is 0 Å². The Labute approximate surface area is 124 Å². The molecule has 0 aromatic heterocycles. The Hall–Kier alpha value is -0.830. The number of carbonyl (C=O) groups is 1. The Bertz CT molecular complexity index is 464. The van der Waals surface area contributed by atoms with Crippen LogP contribution in [0.5, 0.6) is 0 Å². The van der Waals surface area contributed by atoms with Gasteiger partial charge in [-0.25, -0.2) is 0 Å². The Morgan fingerprint density at radius 2 is 1.89 bits per heavy atom. The van der Waals surface area contributed by atoms with E-state index in [2.05, 4.69) is 22.9 Å². The highest BCUT2D eigenvalue weighted by molar-refractivity contribution is 9.10. The van der Waals surface area contributed by atoms with Crippen molar-refractivity contribution >= 4 is 21.8 Å². The molecule has 0 unspecified atom stereocenters. The highest BCUT2D eigenvalue weighted by atomic mass is 79.9. The average Bonchev–Trinajstić information content (AvgIpc) is 2.41. The van der Waals surface area contributed by atoms with Crippen molar-refractivity contribution in [3.8, 4) is 0 Å². The molecule has 0 saturated heterocycles. The molecule has 2 rings (SSSR count). The number of carbonyl (C=O) groups excluding carboxylic acids is 1. The van der Waals surface area contributed by atoms with E-state index in [0.717, 1.165) is 34.4 Å². The summed E-state index contributed by atoms with van der Waals surface area (Å²) in [5.41, 5.74) is 1.90. The minimum atomic E-state index is 0.134. The maximum absolute atomic E-state index is 12.6. The zero-order valence-corrected chi connectivity index (χ0v) is 13.5. The molecule has 0 N–H and O–H groups in total. The summed E-state index contributed by atoms with van der Waals surface area (Å²) in [6, 6.07) is 6.34. The first-order valence-corrected chi connectivity index (χ1v) is 7.81. The molecule has 0 bridgehead atoms. The van der Waals surface area contributed by atoms with Crippen molar-refractivity contribution in [2.24, 2.45) is 5.92 Å². The molecule has 2 nitrogen and oxygen atoms in total. The van der Waals surface area contributed by atoms with Crippen molar-refractivity contribution in [1.82, 2.24) is 4.90 Å². The van der Waals surface area contributed by atoms with Crippen LogP contribution in [0.1, 0.15) is 48.5 Å². The van der Waals surface area contributed by atoms with Crippen LogP contribution in [0.15, 0.2) is 22.7 Å². The lowest BCUT2D eigenvalue weighted by atomic mass is 9.86. The lowest BCUT2D eigenvalue weighted by Gasteiger charge is -2.33. The second kappa shape index (κ2) is 6.08. The van der Waals surface area contributed by atoms with Gasteiger partial charge in [-0.1, -0.05) is 18.6 Å². The van der Waals surface area contributed by atoms with E-state index in [9.17, 15) is 4.79 Å². The predicted molar refractivity (Wildman–Crippen MR) is 82.4 cm³/mol. The van der Waals surface area contributed by atoms with Gasteiger partial charge in [0.2, 0.25) is 0 Å². The first-order chi connectivity index (χ1) is 8.99. The highest BCUT2D eigenvalue weighted by Crippen LogP contribution is 2.28. The largest absolute Gasteiger partial charge is 0.339 e. The Morgan fingerprint density at radius 1 is 1.26 bits per heavy atom. The van der Waals surface area contributed by atoms with Gasteiger partial charge in [-0.15, -0.1) is 0 Å². The number of hydrogen-bond acceptors (Lipinski definition) is 1. The van der Waals surface area contributed by atoms with Gasteiger partial charge < -0.3 is 4.90 Å². The number of aryl methyl sites for hydroxylation is 1. The summed E-state index contributed by atoms with van der Waals surface area (Å²) < 4.78 is 0.888. The van der Waals surface area contributed by atoms with Crippen LogP contribution in [-0.2, 0) is 0 Å². The molecule has 0 aliphatic heterocycles. The van der Waals surface area contributed by atoms with E-state index in [4.69, 9.17) is 0 Å². The molecule has 1 aliphatic carbocycles. The fourth-order valence-corrected chi connectivity index (χ4v) is 3.20. The Morgan fingerprint density at radius 3 is 2.53 bits per heavy atom. The van der Waals surface area contributed by atoms with Crippen LogP contribution >= 0.6 is 15.9 Å². The van der Waals surface area contributed by atoms with Gasteiger partial charge >= 0.3 is 0 Å². The first-order valence-electron chi connectivity index (χ1n) is 7.02. The van der Waals surface area contributed by atoms with Gasteiger partial charge in [0, 0.05) is 17.6 Å². The molecular formula is C16H22BrNO. The molecule has 0 spiro atoms. The van der Waals surface area contributed by atoms with E-state index < -0.39 is 0 Å². The van der Waals surface area contributed by atoms with Gasteiger partial charge in [-0.05, 0) is 66.6 Å². The van der Waals surface area contributed by atoms with Gasteiger partial charge in [0.05, 0.1) is 5.56 Å². The molecule has 0 atom stereocenters. The summed E-state index contributed by atoms with van der Waals surface area (Å²) >= 11 is 3.49. The third-order valence-electron chi connectivity index (χ3n) is 4.21. The molecule has 1 aromatic rings. The molecule has 1 saturated carbocycles. The molecular weight excluding hydrogens is 302 g/mol. The predicted octanol–water partition coefficient (Wildman–Crippen LogP) is 4.41. The lowest BCUT2D eigenvalue weighted by molar-refractivity contribution is 0.0678. The Balaban J connectivity index is 2.12. The monoisotopic (exact) mass is 323 g/mol. The van der Waals surface area contributed by atoms with Crippen molar-refractivity contribution < 1.29 is 4.79 Å². The van der Waals surface area contributed by atoms with Gasteiger partial charge in [-0.2, -0.15) is 0 Å². The van der Waals surface area contributed by atoms with Crippen molar-refractivity contribution in [3.05, 3.63) is 33.8 Å².